The monoisotopic (exact) mass is 543 g/mol. The van der Waals surface area contributed by atoms with Gasteiger partial charge in [-0.25, -0.2) is 13.4 Å². The highest BCUT2D eigenvalue weighted by molar-refractivity contribution is 7.89. The van der Waals surface area contributed by atoms with Crippen molar-refractivity contribution in [3.63, 3.8) is 0 Å². The highest BCUT2D eigenvalue weighted by Crippen LogP contribution is 2.30. The Bertz CT molecular complexity index is 1560. The number of nitrogens with zero attached hydrogens (tertiary/aromatic N) is 5. The Morgan fingerprint density at radius 3 is 2.39 bits per heavy atom. The summed E-state index contributed by atoms with van der Waals surface area (Å²) in [5.41, 5.74) is 2.25. The number of hydrogen-bond acceptors (Lipinski definition) is 7. The van der Waals surface area contributed by atoms with E-state index in [9.17, 15) is 13.2 Å². The molecular formula is C25H26ClN5O3S2. The molecular weight excluding hydrogens is 518 g/mol. The minimum absolute atomic E-state index is 0.254. The lowest BCUT2D eigenvalue weighted by molar-refractivity contribution is 0.180. The van der Waals surface area contributed by atoms with Crippen LogP contribution in [0.25, 0.3) is 15.5 Å². The van der Waals surface area contributed by atoms with E-state index in [0.29, 0.717) is 64.2 Å². The zero-order chi connectivity index (χ0) is 25.4. The fourth-order valence-corrected chi connectivity index (χ4v) is 6.88. The zero-order valence-corrected chi connectivity index (χ0v) is 22.4. The van der Waals surface area contributed by atoms with Crippen molar-refractivity contribution in [2.24, 2.45) is 0 Å². The summed E-state index contributed by atoms with van der Waals surface area (Å²) in [6.45, 7) is 6.49. The summed E-state index contributed by atoms with van der Waals surface area (Å²) in [5.74, 6) is 0.346. The van der Waals surface area contributed by atoms with Crippen molar-refractivity contribution in [3.05, 3.63) is 81.2 Å². The average molecular weight is 544 g/mol. The molecule has 0 unspecified atom stereocenters. The number of aromatic nitrogens is 3. The van der Waals surface area contributed by atoms with Crippen molar-refractivity contribution < 1.29 is 8.42 Å². The van der Waals surface area contributed by atoms with Crippen LogP contribution in [-0.2, 0) is 16.6 Å². The average Bonchev–Trinajstić information content (AvgIpc) is 3.29. The lowest BCUT2D eigenvalue weighted by Gasteiger charge is -2.33. The van der Waals surface area contributed by atoms with Crippen LogP contribution in [0.4, 0.5) is 0 Å². The minimum atomic E-state index is -3.54. The first-order valence-electron chi connectivity index (χ1n) is 11.7. The first kappa shape index (κ1) is 25.0. The molecule has 5 rings (SSSR count). The van der Waals surface area contributed by atoms with Crippen molar-refractivity contribution in [1.29, 1.82) is 0 Å². The molecule has 8 nitrogen and oxygen atoms in total. The van der Waals surface area contributed by atoms with Gasteiger partial charge in [-0.1, -0.05) is 67.1 Å². The Hall–Kier alpha value is -2.63. The molecule has 0 radical (unpaired) electrons. The van der Waals surface area contributed by atoms with Crippen LogP contribution in [0, 0.1) is 0 Å². The molecule has 1 saturated heterocycles. The second-order valence-electron chi connectivity index (χ2n) is 9.07. The lowest BCUT2D eigenvalue weighted by Crippen LogP contribution is -2.48. The van der Waals surface area contributed by atoms with Gasteiger partial charge in [0, 0.05) is 44.4 Å². The van der Waals surface area contributed by atoms with E-state index in [1.807, 2.05) is 30.3 Å². The predicted molar refractivity (Wildman–Crippen MR) is 142 cm³/mol. The van der Waals surface area contributed by atoms with Crippen LogP contribution >= 0.6 is 22.9 Å². The molecule has 2 aromatic carbocycles. The maximum Gasteiger partial charge on any atom is 0.275 e. The third-order valence-corrected chi connectivity index (χ3v) is 9.49. The van der Waals surface area contributed by atoms with Gasteiger partial charge in [-0.3, -0.25) is 9.69 Å². The molecule has 3 heterocycles. The van der Waals surface area contributed by atoms with Gasteiger partial charge in [0.15, 0.2) is 0 Å². The Balaban J connectivity index is 1.28. The molecule has 0 atom stereocenters. The van der Waals surface area contributed by atoms with E-state index in [1.54, 1.807) is 18.2 Å². The van der Waals surface area contributed by atoms with Crippen LogP contribution in [0.1, 0.15) is 31.0 Å². The third-order valence-electron chi connectivity index (χ3n) is 6.30. The Kier molecular flexibility index (Phi) is 6.97. The summed E-state index contributed by atoms with van der Waals surface area (Å²) in [5, 5.41) is 5.59. The number of rotatable bonds is 6. The number of hydrogen-bond donors (Lipinski definition) is 0. The van der Waals surface area contributed by atoms with Crippen molar-refractivity contribution in [2.45, 2.75) is 31.2 Å². The summed E-state index contributed by atoms with van der Waals surface area (Å²) in [6, 6.07) is 16.0. The molecule has 1 aliphatic heterocycles. The fourth-order valence-electron chi connectivity index (χ4n) is 4.21. The normalized spacial score (nSPS) is 15.7. The highest BCUT2D eigenvalue weighted by Gasteiger charge is 2.29. The number of sulfonamides is 1. The van der Waals surface area contributed by atoms with Crippen molar-refractivity contribution in [3.8, 4) is 10.6 Å². The Morgan fingerprint density at radius 1 is 1.03 bits per heavy atom. The minimum Gasteiger partial charge on any atom is -0.295 e. The molecule has 0 amide bonds. The van der Waals surface area contributed by atoms with Crippen LogP contribution in [0.15, 0.2) is 64.3 Å². The van der Waals surface area contributed by atoms with Gasteiger partial charge in [0.1, 0.15) is 5.01 Å². The number of benzene rings is 2. The Labute approximate surface area is 218 Å². The van der Waals surface area contributed by atoms with Gasteiger partial charge in [0.05, 0.1) is 15.6 Å². The molecule has 2 aromatic heterocycles. The quantitative estimate of drug-likeness (QED) is 0.364. The van der Waals surface area contributed by atoms with Gasteiger partial charge >= 0.3 is 0 Å². The van der Waals surface area contributed by atoms with Crippen molar-refractivity contribution in [1.82, 2.24) is 23.8 Å². The summed E-state index contributed by atoms with van der Waals surface area (Å²) >= 11 is 7.60. The summed E-state index contributed by atoms with van der Waals surface area (Å²) in [7, 11) is -3.54. The highest BCUT2D eigenvalue weighted by atomic mass is 35.5. The maximum atomic E-state index is 13.1. The lowest BCUT2D eigenvalue weighted by atomic mass is 10.0. The van der Waals surface area contributed by atoms with Gasteiger partial charge in [-0.15, -0.1) is 0 Å². The van der Waals surface area contributed by atoms with Crippen LogP contribution in [0.3, 0.4) is 0 Å². The van der Waals surface area contributed by atoms with E-state index in [2.05, 4.69) is 28.8 Å². The van der Waals surface area contributed by atoms with Gasteiger partial charge < -0.3 is 0 Å². The molecule has 0 bridgehead atoms. The van der Waals surface area contributed by atoms with Gasteiger partial charge in [0.2, 0.25) is 15.0 Å². The van der Waals surface area contributed by atoms with Crippen LogP contribution in [0.2, 0.25) is 5.02 Å². The third kappa shape index (κ3) is 4.96. The second-order valence-corrected chi connectivity index (χ2v) is 12.4. The second kappa shape index (κ2) is 10.0. The van der Waals surface area contributed by atoms with E-state index in [0.717, 1.165) is 11.1 Å². The van der Waals surface area contributed by atoms with Crippen molar-refractivity contribution in [2.75, 3.05) is 26.2 Å². The van der Waals surface area contributed by atoms with E-state index >= 15 is 0 Å². The van der Waals surface area contributed by atoms with Crippen LogP contribution < -0.4 is 5.56 Å². The molecule has 0 aliphatic carbocycles. The van der Waals surface area contributed by atoms with E-state index in [-0.39, 0.29) is 5.56 Å². The smallest absolute Gasteiger partial charge is 0.275 e. The number of fused-ring (bicyclic) bond motifs is 1. The summed E-state index contributed by atoms with van der Waals surface area (Å²) < 4.78 is 29.0. The predicted octanol–water partition coefficient (Wildman–Crippen LogP) is 4.10. The summed E-state index contributed by atoms with van der Waals surface area (Å²) in [6.07, 6.45) is 0. The first-order chi connectivity index (χ1) is 17.2. The molecule has 1 fully saturated rings. The topological polar surface area (TPSA) is 87.9 Å². The molecule has 4 aromatic rings. The molecule has 0 spiro atoms. The molecule has 188 valence electrons. The van der Waals surface area contributed by atoms with Gasteiger partial charge in [-0.2, -0.15) is 13.9 Å². The van der Waals surface area contributed by atoms with Gasteiger partial charge in [-0.05, 0) is 29.7 Å². The van der Waals surface area contributed by atoms with Crippen LogP contribution in [0.5, 0.6) is 0 Å². The molecule has 36 heavy (non-hydrogen) atoms. The van der Waals surface area contributed by atoms with Gasteiger partial charge in [0.25, 0.3) is 5.56 Å². The number of piperazine rings is 1. The number of halogens is 1. The fraction of sp³-hybridized carbons (Fsp3) is 0.320. The molecule has 11 heteroatoms. The molecule has 1 aliphatic rings. The molecule has 0 saturated carbocycles. The zero-order valence-electron chi connectivity index (χ0n) is 20.0. The standard InChI is InChI=1S/C25H26ClN5O3S2/c1-17(2)18-7-9-20(10-8-18)36(33,34)30-13-11-29(12-14-30)16-19-15-23(32)31-25(27-19)35-24(28-31)21-5-3-4-6-22(21)26/h3-10,15,17H,11-14,16H2,1-2H3. The van der Waals surface area contributed by atoms with Crippen LogP contribution in [-0.4, -0.2) is 58.4 Å². The largest absolute Gasteiger partial charge is 0.295 e. The summed E-state index contributed by atoms with van der Waals surface area (Å²) in [4.78, 5) is 20.3. The molecule has 0 N–H and O–H groups in total. The SMILES string of the molecule is CC(C)c1ccc(S(=O)(=O)N2CCN(Cc3cc(=O)n4nc(-c5ccccc5Cl)sc4n3)CC2)cc1. The van der Waals surface area contributed by atoms with E-state index in [4.69, 9.17) is 11.6 Å². The Morgan fingerprint density at radius 2 is 1.72 bits per heavy atom. The maximum absolute atomic E-state index is 13.1. The first-order valence-corrected chi connectivity index (χ1v) is 14.3. The van der Waals surface area contributed by atoms with E-state index in [1.165, 1.54) is 26.2 Å². The van der Waals surface area contributed by atoms with Crippen molar-refractivity contribution >= 4 is 37.9 Å². The van der Waals surface area contributed by atoms with E-state index < -0.39 is 10.0 Å².